The molecule has 0 fully saturated rings. The van der Waals surface area contributed by atoms with Crippen LogP contribution >= 0.6 is 0 Å². The van der Waals surface area contributed by atoms with Gasteiger partial charge in [0, 0.05) is 11.0 Å². The van der Waals surface area contributed by atoms with E-state index >= 15 is 0 Å². The van der Waals surface area contributed by atoms with Gasteiger partial charge in [-0.2, -0.15) is 0 Å². The van der Waals surface area contributed by atoms with Gasteiger partial charge in [-0.3, -0.25) is 0 Å². The zero-order valence-corrected chi connectivity index (χ0v) is 12.7. The molecule has 0 saturated heterocycles. The molecule has 0 rings (SSSR count). The van der Waals surface area contributed by atoms with Crippen molar-refractivity contribution in [2.45, 2.75) is 53.0 Å². The van der Waals surface area contributed by atoms with Crippen molar-refractivity contribution in [1.29, 1.82) is 0 Å². The molecule has 1 unspecified atom stereocenters. The Balaban J connectivity index is 4.78. The van der Waals surface area contributed by atoms with Crippen LogP contribution in [0.1, 0.15) is 47.5 Å². The molecule has 1 nitrogen and oxygen atoms in total. The molecule has 0 spiro atoms. The third-order valence-corrected chi connectivity index (χ3v) is 3.15. The van der Waals surface area contributed by atoms with Gasteiger partial charge in [0.15, 0.2) is 0 Å². The smallest absolute Gasteiger partial charge is 0.0342 e. The number of allylic oxidation sites excluding steroid dienone is 5. The van der Waals surface area contributed by atoms with Crippen molar-refractivity contribution in [2.24, 2.45) is 11.1 Å². The van der Waals surface area contributed by atoms with Gasteiger partial charge in [-0.05, 0) is 32.3 Å². The van der Waals surface area contributed by atoms with Gasteiger partial charge in [-0.1, -0.05) is 57.2 Å². The second-order valence-electron chi connectivity index (χ2n) is 5.59. The summed E-state index contributed by atoms with van der Waals surface area (Å²) in [7, 11) is 0. The van der Waals surface area contributed by atoms with Crippen LogP contribution in [0.5, 0.6) is 0 Å². The van der Waals surface area contributed by atoms with Crippen LogP contribution in [-0.2, 0) is 0 Å². The van der Waals surface area contributed by atoms with E-state index in [1.165, 1.54) is 5.57 Å². The van der Waals surface area contributed by atoms with Gasteiger partial charge in [-0.25, -0.2) is 0 Å². The molecule has 0 aromatic carbocycles. The molecular weight excluding hydrogens is 218 g/mol. The number of hydrogen-bond donors (Lipinski definition) is 1. The van der Waals surface area contributed by atoms with Gasteiger partial charge in [0.25, 0.3) is 0 Å². The summed E-state index contributed by atoms with van der Waals surface area (Å²) in [6.45, 7) is 14.4. The van der Waals surface area contributed by atoms with Crippen LogP contribution in [0.4, 0.5) is 0 Å². The molecule has 1 heteroatoms. The number of hydrogen-bond acceptors (Lipinski definition) is 1. The fourth-order valence-electron chi connectivity index (χ4n) is 1.71. The minimum Gasteiger partial charge on any atom is -0.322 e. The quantitative estimate of drug-likeness (QED) is 0.509. The SMILES string of the molecule is C=CC(C)(N)CC=CC(C)(C)C(/C=C\CC)=C/C. The molecule has 0 aromatic rings. The zero-order chi connectivity index (χ0) is 14.2. The maximum atomic E-state index is 6.04. The van der Waals surface area contributed by atoms with Crippen molar-refractivity contribution in [3.8, 4) is 0 Å². The highest BCUT2D eigenvalue weighted by Crippen LogP contribution is 2.29. The Labute approximate surface area is 113 Å². The first-order chi connectivity index (χ1) is 8.29. The molecule has 0 saturated carbocycles. The second-order valence-corrected chi connectivity index (χ2v) is 5.59. The second kappa shape index (κ2) is 7.38. The molecule has 0 radical (unpaired) electrons. The average Bonchev–Trinajstić information content (AvgIpc) is 2.29. The van der Waals surface area contributed by atoms with E-state index in [-0.39, 0.29) is 11.0 Å². The molecule has 0 aliphatic carbocycles. The molecule has 0 aliphatic rings. The fraction of sp³-hybridized carbons (Fsp3) is 0.529. The topological polar surface area (TPSA) is 26.0 Å². The summed E-state index contributed by atoms with van der Waals surface area (Å²) in [5.41, 5.74) is 7.09. The van der Waals surface area contributed by atoms with E-state index in [1.54, 1.807) is 6.08 Å². The Bertz CT molecular complexity index is 341. The Kier molecular flexibility index (Phi) is 6.93. The van der Waals surface area contributed by atoms with Crippen molar-refractivity contribution < 1.29 is 0 Å². The lowest BCUT2D eigenvalue weighted by molar-refractivity contribution is 0.568. The third-order valence-electron chi connectivity index (χ3n) is 3.15. The number of rotatable bonds is 7. The highest BCUT2D eigenvalue weighted by Gasteiger charge is 2.18. The van der Waals surface area contributed by atoms with Gasteiger partial charge in [0.2, 0.25) is 0 Å². The molecule has 0 aromatic heterocycles. The monoisotopic (exact) mass is 247 g/mol. The fourth-order valence-corrected chi connectivity index (χ4v) is 1.71. The van der Waals surface area contributed by atoms with E-state index in [0.717, 1.165) is 12.8 Å². The Morgan fingerprint density at radius 3 is 2.28 bits per heavy atom. The lowest BCUT2D eigenvalue weighted by Crippen LogP contribution is -2.32. The molecule has 0 bridgehead atoms. The Morgan fingerprint density at radius 2 is 1.83 bits per heavy atom. The first-order valence-electron chi connectivity index (χ1n) is 6.72. The predicted octanol–water partition coefficient (Wildman–Crippen LogP) is 4.77. The molecule has 0 aliphatic heterocycles. The third kappa shape index (κ3) is 6.02. The van der Waals surface area contributed by atoms with Crippen molar-refractivity contribution in [3.05, 3.63) is 48.6 Å². The average molecular weight is 247 g/mol. The largest absolute Gasteiger partial charge is 0.322 e. The summed E-state index contributed by atoms with van der Waals surface area (Å²) < 4.78 is 0. The van der Waals surface area contributed by atoms with Gasteiger partial charge in [-0.15, -0.1) is 6.58 Å². The first kappa shape index (κ1) is 16.9. The van der Waals surface area contributed by atoms with Crippen molar-refractivity contribution >= 4 is 0 Å². The van der Waals surface area contributed by atoms with Gasteiger partial charge in [0.1, 0.15) is 0 Å². The summed E-state index contributed by atoms with van der Waals surface area (Å²) in [6.07, 6.45) is 14.6. The van der Waals surface area contributed by atoms with Gasteiger partial charge < -0.3 is 5.73 Å². The summed E-state index contributed by atoms with van der Waals surface area (Å²) >= 11 is 0. The summed E-state index contributed by atoms with van der Waals surface area (Å²) in [6, 6.07) is 0. The molecule has 2 N–H and O–H groups in total. The maximum absolute atomic E-state index is 6.04. The highest BCUT2D eigenvalue weighted by atomic mass is 14.7. The minimum absolute atomic E-state index is 0.0394. The Morgan fingerprint density at radius 1 is 1.22 bits per heavy atom. The zero-order valence-electron chi connectivity index (χ0n) is 12.7. The summed E-state index contributed by atoms with van der Waals surface area (Å²) in [5.74, 6) is 0. The Hall–Kier alpha value is -1.08. The van der Waals surface area contributed by atoms with Crippen molar-refractivity contribution in [3.63, 3.8) is 0 Å². The van der Waals surface area contributed by atoms with Gasteiger partial charge in [0.05, 0.1) is 0 Å². The number of nitrogens with two attached hydrogens (primary N) is 1. The lowest BCUT2D eigenvalue weighted by atomic mass is 9.82. The highest BCUT2D eigenvalue weighted by molar-refractivity contribution is 5.29. The molecule has 102 valence electrons. The van der Waals surface area contributed by atoms with Crippen LogP contribution < -0.4 is 5.73 Å². The standard InChI is InChI=1S/C17H29N/c1-7-10-12-15(8-2)16(4,5)13-11-14-17(6,18)9-3/h8-13H,3,7,14,18H2,1-2,4-6H3/b12-10-,13-11?,15-8+. The molecule has 0 heterocycles. The van der Waals surface area contributed by atoms with E-state index in [1.807, 2.05) is 6.92 Å². The van der Waals surface area contributed by atoms with E-state index in [4.69, 9.17) is 5.73 Å². The van der Waals surface area contributed by atoms with E-state index < -0.39 is 0 Å². The van der Waals surface area contributed by atoms with Crippen LogP contribution in [-0.4, -0.2) is 5.54 Å². The van der Waals surface area contributed by atoms with Crippen molar-refractivity contribution in [2.75, 3.05) is 0 Å². The first-order valence-corrected chi connectivity index (χ1v) is 6.72. The normalized spacial score (nSPS) is 17.3. The summed E-state index contributed by atoms with van der Waals surface area (Å²) in [4.78, 5) is 0. The van der Waals surface area contributed by atoms with Crippen LogP contribution in [0.25, 0.3) is 0 Å². The molecular formula is C17H29N. The van der Waals surface area contributed by atoms with E-state index in [0.29, 0.717) is 0 Å². The van der Waals surface area contributed by atoms with E-state index in [2.05, 4.69) is 64.7 Å². The van der Waals surface area contributed by atoms with Crippen LogP contribution in [0, 0.1) is 5.41 Å². The van der Waals surface area contributed by atoms with Crippen LogP contribution in [0.2, 0.25) is 0 Å². The molecule has 18 heavy (non-hydrogen) atoms. The van der Waals surface area contributed by atoms with Gasteiger partial charge >= 0.3 is 0 Å². The summed E-state index contributed by atoms with van der Waals surface area (Å²) in [5, 5.41) is 0. The van der Waals surface area contributed by atoms with Crippen LogP contribution in [0.15, 0.2) is 48.6 Å². The van der Waals surface area contributed by atoms with Crippen LogP contribution in [0.3, 0.4) is 0 Å². The van der Waals surface area contributed by atoms with E-state index in [9.17, 15) is 0 Å². The lowest BCUT2D eigenvalue weighted by Gasteiger charge is -2.23. The minimum atomic E-state index is -0.318. The maximum Gasteiger partial charge on any atom is 0.0342 e. The molecule has 0 amide bonds. The van der Waals surface area contributed by atoms with Crippen molar-refractivity contribution in [1.82, 2.24) is 0 Å². The molecule has 1 atom stereocenters. The predicted molar refractivity (Wildman–Crippen MR) is 83.5 cm³/mol.